The first-order chi connectivity index (χ1) is 5.97. The summed E-state index contributed by atoms with van der Waals surface area (Å²) in [6.07, 6.45) is -3.12. The fraction of sp³-hybridized carbons (Fsp3) is 0.286. The maximum Gasteiger partial charge on any atom is 0.422 e. The molecule has 0 saturated carbocycles. The Morgan fingerprint density at radius 2 is 2.00 bits per heavy atom. The summed E-state index contributed by atoms with van der Waals surface area (Å²) in [5.74, 6) is -0.0912. The fourth-order valence-corrected chi connectivity index (χ4v) is 0.633. The monoisotopic (exact) mass is 228 g/mol. The Morgan fingerprint density at radius 1 is 1.36 bits per heavy atom. The summed E-state index contributed by atoms with van der Waals surface area (Å²) in [6, 6.07) is 2.69. The molecule has 0 atom stereocenters. The van der Waals surface area contributed by atoms with Crippen molar-refractivity contribution < 1.29 is 17.9 Å². The first-order valence-electron chi connectivity index (χ1n) is 3.38. The molecule has 14 heavy (non-hydrogen) atoms. The molecule has 0 saturated heterocycles. The summed E-state index contributed by atoms with van der Waals surface area (Å²) in [4.78, 5) is 3.53. The standard InChI is InChI=1S/C7H7F3N2O.ClH/c8-7(9,10)4-13-6-2-1-5(11)3-12-6;/h1-3H,4,11H2;1H. The van der Waals surface area contributed by atoms with Gasteiger partial charge in [0.2, 0.25) is 5.88 Å². The van der Waals surface area contributed by atoms with Crippen molar-refractivity contribution in [3.8, 4) is 5.88 Å². The van der Waals surface area contributed by atoms with Gasteiger partial charge in [-0.25, -0.2) is 4.98 Å². The summed E-state index contributed by atoms with van der Waals surface area (Å²) >= 11 is 0. The Balaban J connectivity index is 0.00000169. The Hall–Kier alpha value is -1.17. The van der Waals surface area contributed by atoms with Crippen LogP contribution in [-0.4, -0.2) is 17.8 Å². The molecule has 2 N–H and O–H groups in total. The molecular formula is C7H8ClF3N2O. The number of hydrogen-bond donors (Lipinski definition) is 1. The third-order valence-corrected chi connectivity index (χ3v) is 1.14. The van der Waals surface area contributed by atoms with Gasteiger partial charge in [-0.2, -0.15) is 13.2 Å². The highest BCUT2D eigenvalue weighted by molar-refractivity contribution is 5.85. The van der Waals surface area contributed by atoms with Gasteiger partial charge in [-0.3, -0.25) is 0 Å². The van der Waals surface area contributed by atoms with E-state index < -0.39 is 12.8 Å². The number of rotatable bonds is 2. The zero-order chi connectivity index (χ0) is 9.90. The average molecular weight is 229 g/mol. The van der Waals surface area contributed by atoms with Crippen LogP contribution in [0.15, 0.2) is 18.3 Å². The molecule has 1 heterocycles. The van der Waals surface area contributed by atoms with Crippen molar-refractivity contribution in [3.05, 3.63) is 18.3 Å². The van der Waals surface area contributed by atoms with Gasteiger partial charge in [0.25, 0.3) is 0 Å². The SMILES string of the molecule is Cl.Nc1ccc(OCC(F)(F)F)nc1. The van der Waals surface area contributed by atoms with E-state index in [4.69, 9.17) is 5.73 Å². The van der Waals surface area contributed by atoms with Crippen LogP contribution in [-0.2, 0) is 0 Å². The second-order valence-corrected chi connectivity index (χ2v) is 2.33. The quantitative estimate of drug-likeness (QED) is 0.843. The predicted molar refractivity (Wildman–Crippen MR) is 47.4 cm³/mol. The van der Waals surface area contributed by atoms with E-state index in [0.717, 1.165) is 0 Å². The summed E-state index contributed by atoms with van der Waals surface area (Å²) in [7, 11) is 0. The minimum atomic E-state index is -4.34. The lowest BCUT2D eigenvalue weighted by molar-refractivity contribution is -0.154. The van der Waals surface area contributed by atoms with Crippen LogP contribution in [0.2, 0.25) is 0 Å². The van der Waals surface area contributed by atoms with Crippen molar-refractivity contribution in [1.82, 2.24) is 4.98 Å². The number of nitrogens with two attached hydrogens (primary N) is 1. The number of aromatic nitrogens is 1. The fourth-order valence-electron chi connectivity index (χ4n) is 0.633. The molecule has 0 aromatic carbocycles. The van der Waals surface area contributed by atoms with Gasteiger partial charge in [0.1, 0.15) is 0 Å². The molecule has 0 bridgehead atoms. The summed E-state index contributed by atoms with van der Waals surface area (Å²) in [6.45, 7) is -1.34. The van der Waals surface area contributed by atoms with Crippen molar-refractivity contribution in [2.24, 2.45) is 0 Å². The first kappa shape index (κ1) is 12.8. The molecule has 0 unspecified atom stereocenters. The van der Waals surface area contributed by atoms with E-state index in [2.05, 4.69) is 9.72 Å². The number of nitrogens with zero attached hydrogens (tertiary/aromatic N) is 1. The van der Waals surface area contributed by atoms with E-state index in [1.165, 1.54) is 18.3 Å². The van der Waals surface area contributed by atoms with Gasteiger partial charge in [-0.1, -0.05) is 0 Å². The average Bonchev–Trinajstić information content (AvgIpc) is 2.02. The zero-order valence-electron chi connectivity index (χ0n) is 6.91. The van der Waals surface area contributed by atoms with Crippen molar-refractivity contribution in [1.29, 1.82) is 0 Å². The van der Waals surface area contributed by atoms with Crippen LogP contribution in [0.3, 0.4) is 0 Å². The van der Waals surface area contributed by atoms with E-state index in [-0.39, 0.29) is 18.3 Å². The van der Waals surface area contributed by atoms with E-state index in [1.807, 2.05) is 0 Å². The molecule has 1 rings (SSSR count). The Bertz CT molecular complexity index is 275. The van der Waals surface area contributed by atoms with Crippen molar-refractivity contribution in [3.63, 3.8) is 0 Å². The lowest BCUT2D eigenvalue weighted by Crippen LogP contribution is -2.19. The topological polar surface area (TPSA) is 48.1 Å². The number of ether oxygens (including phenoxy) is 1. The summed E-state index contributed by atoms with van der Waals surface area (Å²) < 4.78 is 39.3. The molecule has 0 fully saturated rings. The number of anilines is 1. The number of pyridine rings is 1. The van der Waals surface area contributed by atoms with Gasteiger partial charge >= 0.3 is 6.18 Å². The van der Waals surface area contributed by atoms with Crippen LogP contribution in [0.4, 0.5) is 18.9 Å². The van der Waals surface area contributed by atoms with E-state index >= 15 is 0 Å². The van der Waals surface area contributed by atoms with Gasteiger partial charge in [-0.05, 0) is 6.07 Å². The molecule has 0 aliphatic heterocycles. The highest BCUT2D eigenvalue weighted by atomic mass is 35.5. The molecule has 0 radical (unpaired) electrons. The number of nitrogen functional groups attached to an aromatic ring is 1. The first-order valence-corrected chi connectivity index (χ1v) is 3.38. The number of halogens is 4. The highest BCUT2D eigenvalue weighted by Gasteiger charge is 2.28. The molecule has 1 aromatic heterocycles. The Morgan fingerprint density at radius 3 is 2.43 bits per heavy atom. The van der Waals surface area contributed by atoms with Crippen molar-refractivity contribution in [2.75, 3.05) is 12.3 Å². The van der Waals surface area contributed by atoms with Crippen molar-refractivity contribution in [2.45, 2.75) is 6.18 Å². The third kappa shape index (κ3) is 4.76. The Labute approximate surface area is 84.5 Å². The molecule has 0 aliphatic carbocycles. The smallest absolute Gasteiger partial charge is 0.422 e. The third-order valence-electron chi connectivity index (χ3n) is 1.14. The number of alkyl halides is 3. The molecular weight excluding hydrogens is 221 g/mol. The molecule has 80 valence electrons. The van der Waals surface area contributed by atoms with E-state index in [9.17, 15) is 13.2 Å². The minimum absolute atomic E-state index is 0. The second kappa shape index (κ2) is 4.90. The summed E-state index contributed by atoms with van der Waals surface area (Å²) in [5, 5.41) is 0. The second-order valence-electron chi connectivity index (χ2n) is 2.33. The minimum Gasteiger partial charge on any atom is -0.468 e. The van der Waals surface area contributed by atoms with Gasteiger partial charge in [0.15, 0.2) is 6.61 Å². The maximum absolute atomic E-state index is 11.6. The lowest BCUT2D eigenvalue weighted by atomic mass is 10.4. The van der Waals surface area contributed by atoms with Gasteiger partial charge in [0.05, 0.1) is 11.9 Å². The summed E-state index contributed by atoms with van der Waals surface area (Å²) in [5.41, 5.74) is 5.64. The zero-order valence-corrected chi connectivity index (χ0v) is 7.73. The maximum atomic E-state index is 11.6. The number of hydrogen-bond acceptors (Lipinski definition) is 3. The van der Waals surface area contributed by atoms with E-state index in [0.29, 0.717) is 5.69 Å². The van der Waals surface area contributed by atoms with Gasteiger partial charge in [0, 0.05) is 6.07 Å². The van der Waals surface area contributed by atoms with Crippen LogP contribution in [0.1, 0.15) is 0 Å². The van der Waals surface area contributed by atoms with Crippen LogP contribution in [0.5, 0.6) is 5.88 Å². The highest BCUT2D eigenvalue weighted by Crippen LogP contribution is 2.17. The van der Waals surface area contributed by atoms with Crippen LogP contribution >= 0.6 is 12.4 Å². The lowest BCUT2D eigenvalue weighted by Gasteiger charge is -2.07. The van der Waals surface area contributed by atoms with Crippen LogP contribution < -0.4 is 10.5 Å². The van der Waals surface area contributed by atoms with Crippen LogP contribution in [0, 0.1) is 0 Å². The predicted octanol–water partition coefficient (Wildman–Crippen LogP) is 2.03. The van der Waals surface area contributed by atoms with E-state index in [1.54, 1.807) is 0 Å². The molecule has 7 heteroatoms. The Kier molecular flexibility index (Phi) is 4.49. The largest absolute Gasteiger partial charge is 0.468 e. The van der Waals surface area contributed by atoms with Gasteiger partial charge < -0.3 is 10.5 Å². The van der Waals surface area contributed by atoms with Crippen molar-refractivity contribution >= 4 is 18.1 Å². The molecule has 1 aromatic rings. The van der Waals surface area contributed by atoms with Gasteiger partial charge in [-0.15, -0.1) is 12.4 Å². The normalized spacial score (nSPS) is 10.5. The molecule has 0 amide bonds. The van der Waals surface area contributed by atoms with Crippen LogP contribution in [0.25, 0.3) is 0 Å². The molecule has 0 aliphatic rings. The molecule has 0 spiro atoms. The molecule has 3 nitrogen and oxygen atoms in total.